The first-order valence-electron chi connectivity index (χ1n) is 10.2. The van der Waals surface area contributed by atoms with Crippen LogP contribution < -0.4 is 10.5 Å². The summed E-state index contributed by atoms with van der Waals surface area (Å²) in [6, 6.07) is 14.9. The van der Waals surface area contributed by atoms with Crippen molar-refractivity contribution in [2.24, 2.45) is 5.73 Å². The molecule has 1 atom stereocenters. The molecule has 0 radical (unpaired) electrons. The molecule has 0 bridgehead atoms. The summed E-state index contributed by atoms with van der Waals surface area (Å²) in [5.74, 6) is 1.25. The number of fused-ring (bicyclic) bond motifs is 1. The Balaban J connectivity index is 1.87. The Morgan fingerprint density at radius 1 is 1.10 bits per heavy atom. The van der Waals surface area contributed by atoms with E-state index in [1.165, 1.54) is 0 Å². The highest BCUT2D eigenvalue weighted by Crippen LogP contribution is 2.33. The van der Waals surface area contributed by atoms with Gasteiger partial charge in [-0.1, -0.05) is 12.1 Å². The lowest BCUT2D eigenvalue weighted by molar-refractivity contribution is 0.235. The minimum atomic E-state index is -0.181. The Hall–Kier alpha value is -3.33. The maximum atomic E-state index is 9.45. The van der Waals surface area contributed by atoms with Crippen molar-refractivity contribution in [3.63, 3.8) is 0 Å². The van der Waals surface area contributed by atoms with Crippen LogP contribution in [0.1, 0.15) is 30.8 Å². The SMILES string of the molecule is CC(N)c1cccc(-c2cc(OCCCO)c3cnn(-c4cccc(CO)n4)c3c2)n1. The van der Waals surface area contributed by atoms with Crippen molar-refractivity contribution in [3.05, 3.63) is 66.1 Å². The molecular formula is C23H25N5O3. The summed E-state index contributed by atoms with van der Waals surface area (Å²) >= 11 is 0. The van der Waals surface area contributed by atoms with Crippen LogP contribution in [0.3, 0.4) is 0 Å². The molecule has 0 aliphatic carbocycles. The third-order valence-electron chi connectivity index (χ3n) is 4.91. The van der Waals surface area contributed by atoms with Gasteiger partial charge in [0.05, 0.1) is 47.4 Å². The molecule has 4 rings (SSSR count). The van der Waals surface area contributed by atoms with E-state index in [2.05, 4.69) is 10.1 Å². The predicted octanol–water partition coefficient (Wildman–Crippen LogP) is 2.76. The molecule has 1 unspecified atom stereocenters. The summed E-state index contributed by atoms with van der Waals surface area (Å²) in [6.07, 6.45) is 2.25. The number of aromatic nitrogens is 4. The summed E-state index contributed by atoms with van der Waals surface area (Å²) < 4.78 is 7.68. The molecule has 160 valence electrons. The van der Waals surface area contributed by atoms with Gasteiger partial charge in [-0.2, -0.15) is 5.10 Å². The Labute approximate surface area is 180 Å². The standard InChI is InChI=1S/C23H25N5O3/c1-15(24)19-6-3-7-20(27-19)16-11-21-18(22(12-16)31-10-4-9-29)13-25-28(21)23-8-2-5-17(14-30)26-23/h2-3,5-8,11-13,15,29-30H,4,9-10,14,24H2,1H3. The fourth-order valence-corrected chi connectivity index (χ4v) is 3.33. The molecule has 0 saturated carbocycles. The van der Waals surface area contributed by atoms with Crippen molar-refractivity contribution < 1.29 is 14.9 Å². The smallest absolute Gasteiger partial charge is 0.154 e. The normalized spacial score (nSPS) is 12.3. The second-order valence-corrected chi connectivity index (χ2v) is 7.27. The largest absolute Gasteiger partial charge is 0.493 e. The molecule has 3 heterocycles. The summed E-state index contributed by atoms with van der Waals surface area (Å²) in [4.78, 5) is 9.18. The maximum absolute atomic E-state index is 9.45. The molecular weight excluding hydrogens is 394 g/mol. The van der Waals surface area contributed by atoms with E-state index in [1.54, 1.807) is 16.9 Å². The van der Waals surface area contributed by atoms with Gasteiger partial charge in [0, 0.05) is 24.6 Å². The summed E-state index contributed by atoms with van der Waals surface area (Å²) in [5.41, 5.74) is 9.80. The van der Waals surface area contributed by atoms with Gasteiger partial charge in [-0.05, 0) is 43.3 Å². The number of nitrogens with zero attached hydrogens (tertiary/aromatic N) is 4. The van der Waals surface area contributed by atoms with Crippen molar-refractivity contribution in [1.82, 2.24) is 19.7 Å². The Morgan fingerprint density at radius 2 is 1.94 bits per heavy atom. The van der Waals surface area contributed by atoms with Crippen LogP contribution in [0.4, 0.5) is 0 Å². The molecule has 8 nitrogen and oxygen atoms in total. The highest BCUT2D eigenvalue weighted by Gasteiger charge is 2.15. The first kappa shape index (κ1) is 20.9. The fraction of sp³-hybridized carbons (Fsp3) is 0.261. The third-order valence-corrected chi connectivity index (χ3v) is 4.91. The van der Waals surface area contributed by atoms with Gasteiger partial charge < -0.3 is 20.7 Å². The van der Waals surface area contributed by atoms with Crippen LogP contribution in [0.5, 0.6) is 5.75 Å². The molecule has 4 aromatic rings. The zero-order valence-corrected chi connectivity index (χ0v) is 17.3. The number of ether oxygens (including phenoxy) is 1. The third kappa shape index (κ3) is 4.41. The highest BCUT2D eigenvalue weighted by molar-refractivity contribution is 5.90. The lowest BCUT2D eigenvalue weighted by Crippen LogP contribution is -2.07. The molecule has 0 aliphatic heterocycles. The van der Waals surface area contributed by atoms with Crippen LogP contribution in [-0.2, 0) is 6.61 Å². The van der Waals surface area contributed by atoms with E-state index in [1.807, 2.05) is 49.4 Å². The van der Waals surface area contributed by atoms with Crippen LogP contribution in [0.2, 0.25) is 0 Å². The number of hydrogen-bond donors (Lipinski definition) is 3. The average Bonchev–Trinajstić information content (AvgIpc) is 3.23. The first-order chi connectivity index (χ1) is 15.1. The Kier molecular flexibility index (Phi) is 6.22. The zero-order valence-electron chi connectivity index (χ0n) is 17.3. The monoisotopic (exact) mass is 419 g/mol. The van der Waals surface area contributed by atoms with Crippen molar-refractivity contribution >= 4 is 10.9 Å². The van der Waals surface area contributed by atoms with E-state index in [-0.39, 0.29) is 19.3 Å². The van der Waals surface area contributed by atoms with Gasteiger partial charge in [-0.3, -0.25) is 4.98 Å². The second kappa shape index (κ2) is 9.22. The van der Waals surface area contributed by atoms with Gasteiger partial charge in [0.2, 0.25) is 0 Å². The fourth-order valence-electron chi connectivity index (χ4n) is 3.33. The minimum absolute atomic E-state index is 0.0535. The molecule has 4 N–H and O–H groups in total. The molecule has 8 heteroatoms. The number of nitrogens with two attached hydrogens (primary N) is 1. The van der Waals surface area contributed by atoms with E-state index in [0.717, 1.165) is 27.9 Å². The van der Waals surface area contributed by atoms with Crippen molar-refractivity contribution in [3.8, 4) is 22.8 Å². The molecule has 31 heavy (non-hydrogen) atoms. The van der Waals surface area contributed by atoms with Crippen LogP contribution in [0.25, 0.3) is 28.0 Å². The number of aliphatic hydroxyl groups excluding tert-OH is 2. The zero-order chi connectivity index (χ0) is 21.8. The molecule has 0 saturated heterocycles. The van der Waals surface area contributed by atoms with E-state index in [9.17, 15) is 5.11 Å². The van der Waals surface area contributed by atoms with Crippen LogP contribution >= 0.6 is 0 Å². The quantitative estimate of drug-likeness (QED) is 0.376. The van der Waals surface area contributed by atoms with E-state index < -0.39 is 0 Å². The summed E-state index contributed by atoms with van der Waals surface area (Å²) in [7, 11) is 0. The van der Waals surface area contributed by atoms with Gasteiger partial charge in [-0.15, -0.1) is 0 Å². The first-order valence-corrected chi connectivity index (χ1v) is 10.2. The topological polar surface area (TPSA) is 119 Å². The molecule has 0 fully saturated rings. The molecule has 0 aliphatic rings. The summed E-state index contributed by atoms with van der Waals surface area (Å²) in [5, 5.41) is 23.9. The maximum Gasteiger partial charge on any atom is 0.154 e. The van der Waals surface area contributed by atoms with Crippen LogP contribution in [0, 0.1) is 0 Å². The van der Waals surface area contributed by atoms with E-state index in [0.29, 0.717) is 30.3 Å². The number of aliphatic hydroxyl groups is 2. The van der Waals surface area contributed by atoms with E-state index >= 15 is 0 Å². The van der Waals surface area contributed by atoms with Crippen LogP contribution in [0.15, 0.2) is 54.7 Å². The Bertz CT molecular complexity index is 1190. The Morgan fingerprint density at radius 3 is 2.71 bits per heavy atom. The van der Waals surface area contributed by atoms with Gasteiger partial charge in [0.25, 0.3) is 0 Å². The van der Waals surface area contributed by atoms with Crippen molar-refractivity contribution in [2.75, 3.05) is 13.2 Å². The van der Waals surface area contributed by atoms with E-state index in [4.69, 9.17) is 20.6 Å². The number of pyridine rings is 2. The highest BCUT2D eigenvalue weighted by atomic mass is 16.5. The molecule has 3 aromatic heterocycles. The van der Waals surface area contributed by atoms with Gasteiger partial charge >= 0.3 is 0 Å². The molecule has 0 amide bonds. The number of hydrogen-bond acceptors (Lipinski definition) is 7. The summed E-state index contributed by atoms with van der Waals surface area (Å²) in [6.45, 7) is 2.18. The number of rotatable bonds is 8. The lowest BCUT2D eigenvalue weighted by atomic mass is 10.1. The lowest BCUT2D eigenvalue weighted by Gasteiger charge is -2.12. The average molecular weight is 419 g/mol. The van der Waals surface area contributed by atoms with Crippen LogP contribution in [-0.4, -0.2) is 43.2 Å². The van der Waals surface area contributed by atoms with Gasteiger partial charge in [0.1, 0.15) is 5.75 Å². The second-order valence-electron chi connectivity index (χ2n) is 7.27. The predicted molar refractivity (Wildman–Crippen MR) is 118 cm³/mol. The molecule has 1 aromatic carbocycles. The van der Waals surface area contributed by atoms with Gasteiger partial charge in [-0.25, -0.2) is 9.67 Å². The molecule has 0 spiro atoms. The number of benzene rings is 1. The minimum Gasteiger partial charge on any atom is -0.493 e. The van der Waals surface area contributed by atoms with Gasteiger partial charge in [0.15, 0.2) is 5.82 Å². The van der Waals surface area contributed by atoms with Crippen molar-refractivity contribution in [2.45, 2.75) is 26.0 Å². The van der Waals surface area contributed by atoms with Crippen molar-refractivity contribution in [1.29, 1.82) is 0 Å².